The Morgan fingerprint density at radius 2 is 2.06 bits per heavy atom. The molecule has 1 N–H and O–H groups in total. The molecule has 0 aromatic carbocycles. The maximum Gasteiger partial charge on any atom is 0.240 e. The quantitative estimate of drug-likeness (QED) is 0.720. The molecule has 1 fully saturated rings. The van der Waals surface area contributed by atoms with Gasteiger partial charge in [0.05, 0.1) is 6.07 Å². The number of nitriles is 1. The first-order chi connectivity index (χ1) is 8.25. The van der Waals surface area contributed by atoms with E-state index in [9.17, 15) is 10.1 Å². The van der Waals surface area contributed by atoms with Crippen molar-refractivity contribution in [1.29, 1.82) is 5.26 Å². The van der Waals surface area contributed by atoms with Gasteiger partial charge in [0.1, 0.15) is 5.41 Å². The predicted octanol–water partition coefficient (Wildman–Crippen LogP) is 2.00. The number of hydrogen-bond acceptors (Lipinski definition) is 3. The fraction of sp³-hybridized carbons (Fsp3) is 0.846. The maximum absolute atomic E-state index is 12.0. The monoisotopic (exact) mass is 238 g/mol. The highest BCUT2D eigenvalue weighted by Gasteiger charge is 2.40. The summed E-state index contributed by atoms with van der Waals surface area (Å²) in [6, 6.07) is 2.18. The van der Waals surface area contributed by atoms with Gasteiger partial charge in [0.2, 0.25) is 5.91 Å². The van der Waals surface area contributed by atoms with Crippen molar-refractivity contribution < 1.29 is 9.53 Å². The number of ether oxygens (including phenoxy) is 1. The van der Waals surface area contributed by atoms with Crippen LogP contribution in [-0.2, 0) is 9.53 Å². The van der Waals surface area contributed by atoms with Crippen LogP contribution in [0.5, 0.6) is 0 Å². The van der Waals surface area contributed by atoms with E-state index in [1.165, 1.54) is 12.8 Å². The molecule has 0 aliphatic carbocycles. The highest BCUT2D eigenvalue weighted by molar-refractivity contribution is 5.85. The fourth-order valence-corrected chi connectivity index (χ4v) is 2.03. The molecule has 4 nitrogen and oxygen atoms in total. The minimum absolute atomic E-state index is 0.111. The molecule has 0 saturated carbocycles. The molecule has 17 heavy (non-hydrogen) atoms. The first-order valence-corrected chi connectivity index (χ1v) is 6.52. The molecule has 0 aromatic rings. The highest BCUT2D eigenvalue weighted by atomic mass is 16.5. The van der Waals surface area contributed by atoms with E-state index in [4.69, 9.17) is 4.74 Å². The molecule has 1 heterocycles. The topological polar surface area (TPSA) is 62.1 Å². The van der Waals surface area contributed by atoms with Crippen LogP contribution in [-0.4, -0.2) is 25.7 Å². The molecule has 1 rings (SSSR count). The van der Waals surface area contributed by atoms with Crippen molar-refractivity contribution in [3.8, 4) is 6.07 Å². The van der Waals surface area contributed by atoms with Crippen LogP contribution >= 0.6 is 0 Å². The number of unbranched alkanes of at least 4 members (excludes halogenated alkanes) is 3. The van der Waals surface area contributed by atoms with Gasteiger partial charge >= 0.3 is 0 Å². The molecule has 1 aliphatic heterocycles. The van der Waals surface area contributed by atoms with Crippen LogP contribution in [0.15, 0.2) is 0 Å². The molecule has 0 atom stereocenters. The predicted molar refractivity (Wildman–Crippen MR) is 65.3 cm³/mol. The van der Waals surface area contributed by atoms with Gasteiger partial charge in [-0.05, 0) is 19.3 Å². The van der Waals surface area contributed by atoms with Gasteiger partial charge in [0, 0.05) is 19.8 Å². The number of carbonyl (C=O) groups excluding carboxylic acids is 1. The average Bonchev–Trinajstić information content (AvgIpc) is 2.39. The second kappa shape index (κ2) is 7.29. The van der Waals surface area contributed by atoms with Crippen molar-refractivity contribution in [2.45, 2.75) is 45.4 Å². The number of carbonyl (C=O) groups is 1. The van der Waals surface area contributed by atoms with E-state index in [0.29, 0.717) is 32.6 Å². The van der Waals surface area contributed by atoms with Crippen molar-refractivity contribution in [2.75, 3.05) is 19.8 Å². The molecule has 1 aliphatic rings. The van der Waals surface area contributed by atoms with Gasteiger partial charge in [0.25, 0.3) is 0 Å². The lowest BCUT2D eigenvalue weighted by Crippen LogP contribution is -2.44. The highest BCUT2D eigenvalue weighted by Crippen LogP contribution is 2.29. The first kappa shape index (κ1) is 14.0. The average molecular weight is 238 g/mol. The number of rotatable bonds is 6. The van der Waals surface area contributed by atoms with Gasteiger partial charge in [-0.3, -0.25) is 4.79 Å². The van der Waals surface area contributed by atoms with E-state index in [-0.39, 0.29) is 5.91 Å². The summed E-state index contributed by atoms with van der Waals surface area (Å²) in [7, 11) is 0. The Hall–Kier alpha value is -1.08. The molecule has 0 aromatic heterocycles. The molecular formula is C13H22N2O2. The summed E-state index contributed by atoms with van der Waals surface area (Å²) in [5.41, 5.74) is -0.844. The zero-order valence-corrected chi connectivity index (χ0v) is 10.6. The van der Waals surface area contributed by atoms with E-state index in [1.54, 1.807) is 0 Å². The van der Waals surface area contributed by atoms with Gasteiger partial charge < -0.3 is 10.1 Å². The first-order valence-electron chi connectivity index (χ1n) is 6.52. The van der Waals surface area contributed by atoms with Crippen LogP contribution in [0.3, 0.4) is 0 Å². The number of nitrogens with zero attached hydrogens (tertiary/aromatic N) is 1. The Labute approximate surface area is 103 Å². The summed E-state index contributed by atoms with van der Waals surface area (Å²) >= 11 is 0. The molecule has 0 bridgehead atoms. The van der Waals surface area contributed by atoms with Gasteiger partial charge in [-0.1, -0.05) is 26.2 Å². The Balaban J connectivity index is 2.32. The Morgan fingerprint density at radius 1 is 1.35 bits per heavy atom. The lowest BCUT2D eigenvalue weighted by molar-refractivity contribution is -0.132. The fourth-order valence-electron chi connectivity index (χ4n) is 2.03. The third-order valence-electron chi connectivity index (χ3n) is 3.31. The molecule has 0 radical (unpaired) electrons. The summed E-state index contributed by atoms with van der Waals surface area (Å²) in [5, 5.41) is 12.1. The number of hydrogen-bond donors (Lipinski definition) is 1. The van der Waals surface area contributed by atoms with Crippen LogP contribution in [0, 0.1) is 16.7 Å². The second-order valence-corrected chi connectivity index (χ2v) is 4.62. The molecule has 0 spiro atoms. The molecule has 1 amide bonds. The van der Waals surface area contributed by atoms with Gasteiger partial charge in [-0.2, -0.15) is 5.26 Å². The summed E-state index contributed by atoms with van der Waals surface area (Å²) in [5.74, 6) is -0.111. The lowest BCUT2D eigenvalue weighted by Gasteiger charge is -2.29. The van der Waals surface area contributed by atoms with E-state index < -0.39 is 5.41 Å². The zero-order valence-electron chi connectivity index (χ0n) is 10.6. The number of amides is 1. The van der Waals surface area contributed by atoms with Crippen LogP contribution in [0.4, 0.5) is 0 Å². The van der Waals surface area contributed by atoms with Crippen molar-refractivity contribution in [3.05, 3.63) is 0 Å². The van der Waals surface area contributed by atoms with Gasteiger partial charge in [-0.25, -0.2) is 0 Å². The summed E-state index contributed by atoms with van der Waals surface area (Å²) in [6.07, 6.45) is 5.56. The smallest absolute Gasteiger partial charge is 0.240 e. The summed E-state index contributed by atoms with van der Waals surface area (Å²) in [4.78, 5) is 12.0. The molecule has 4 heteroatoms. The minimum atomic E-state index is -0.844. The van der Waals surface area contributed by atoms with Gasteiger partial charge in [-0.15, -0.1) is 0 Å². The molecule has 96 valence electrons. The second-order valence-electron chi connectivity index (χ2n) is 4.62. The van der Waals surface area contributed by atoms with Crippen LogP contribution in [0.1, 0.15) is 45.4 Å². The van der Waals surface area contributed by atoms with Crippen molar-refractivity contribution in [2.24, 2.45) is 5.41 Å². The van der Waals surface area contributed by atoms with Crippen LogP contribution < -0.4 is 5.32 Å². The van der Waals surface area contributed by atoms with E-state index in [1.807, 2.05) is 0 Å². The van der Waals surface area contributed by atoms with Crippen molar-refractivity contribution in [3.63, 3.8) is 0 Å². The third-order valence-corrected chi connectivity index (χ3v) is 3.31. The normalized spacial score (nSPS) is 18.4. The third kappa shape index (κ3) is 4.01. The largest absolute Gasteiger partial charge is 0.381 e. The standard InChI is InChI=1S/C13H22N2O2/c1-2-3-4-5-8-15-12(16)13(11-14)6-9-17-10-7-13/h2-10H2,1H3,(H,15,16). The van der Waals surface area contributed by atoms with Crippen LogP contribution in [0.2, 0.25) is 0 Å². The SMILES string of the molecule is CCCCCCNC(=O)C1(C#N)CCOCC1. The van der Waals surface area contributed by atoms with Crippen LogP contribution in [0.25, 0.3) is 0 Å². The minimum Gasteiger partial charge on any atom is -0.381 e. The van der Waals surface area contributed by atoms with Crippen molar-refractivity contribution in [1.82, 2.24) is 5.32 Å². The Morgan fingerprint density at radius 3 is 2.65 bits per heavy atom. The maximum atomic E-state index is 12.0. The zero-order chi connectivity index (χ0) is 12.6. The molecular weight excluding hydrogens is 216 g/mol. The summed E-state index contributed by atoms with van der Waals surface area (Å²) < 4.78 is 5.20. The van der Waals surface area contributed by atoms with Gasteiger partial charge in [0.15, 0.2) is 0 Å². The Bertz CT molecular complexity index is 278. The van der Waals surface area contributed by atoms with E-state index in [0.717, 1.165) is 12.8 Å². The van der Waals surface area contributed by atoms with E-state index >= 15 is 0 Å². The molecule has 0 unspecified atom stereocenters. The molecule has 1 saturated heterocycles. The number of nitrogens with one attached hydrogen (secondary N) is 1. The lowest BCUT2D eigenvalue weighted by atomic mass is 9.81. The summed E-state index contributed by atoms with van der Waals surface area (Å²) in [6.45, 7) is 3.86. The van der Waals surface area contributed by atoms with E-state index in [2.05, 4.69) is 18.3 Å². The van der Waals surface area contributed by atoms with Crippen molar-refractivity contribution >= 4 is 5.91 Å². The Kier molecular flexibility index (Phi) is 5.99.